The Labute approximate surface area is 141 Å². The van der Waals surface area contributed by atoms with Crippen LogP contribution in [-0.2, 0) is 4.79 Å². The minimum atomic E-state index is -0.00506. The second kappa shape index (κ2) is 6.36. The molecule has 23 heavy (non-hydrogen) atoms. The van der Waals surface area contributed by atoms with E-state index in [4.69, 9.17) is 0 Å². The van der Waals surface area contributed by atoms with Crippen LogP contribution in [-0.4, -0.2) is 43.7 Å². The number of likely N-dealkylation sites (N-methyl/N-ethyl adjacent to an activating group) is 1. The molecule has 2 saturated carbocycles. The number of likely N-dealkylation sites (tertiary alicyclic amines) is 1. The third-order valence-electron chi connectivity index (χ3n) is 7.87. The van der Waals surface area contributed by atoms with Crippen LogP contribution in [0.25, 0.3) is 0 Å². The number of carbonyl (C=O) groups is 1. The Kier molecular flexibility index (Phi) is 4.76. The zero-order valence-electron chi connectivity index (χ0n) is 15.6. The van der Waals surface area contributed by atoms with Crippen molar-refractivity contribution >= 4 is 5.91 Å². The van der Waals surface area contributed by atoms with Gasteiger partial charge in [-0.1, -0.05) is 13.8 Å². The van der Waals surface area contributed by atoms with Gasteiger partial charge in [0.05, 0.1) is 13.1 Å². The van der Waals surface area contributed by atoms with E-state index in [9.17, 15) is 4.79 Å². The van der Waals surface area contributed by atoms with Crippen LogP contribution in [0.4, 0.5) is 0 Å². The molecule has 3 fully saturated rings. The van der Waals surface area contributed by atoms with Crippen LogP contribution in [0.1, 0.15) is 59.8 Å². The van der Waals surface area contributed by atoms with Gasteiger partial charge in [0.1, 0.15) is 12.6 Å². The fraction of sp³-hybridized carbons (Fsp3) is 0.947. The summed E-state index contributed by atoms with van der Waals surface area (Å²) in [7, 11) is 0. The minimum Gasteiger partial charge on any atom is -0.345 e. The number of amides is 1. The van der Waals surface area contributed by atoms with Crippen molar-refractivity contribution < 1.29 is 15.0 Å². The van der Waals surface area contributed by atoms with Gasteiger partial charge in [0, 0.05) is 18.4 Å². The number of hydrogen-bond donors (Lipinski definition) is 3. The van der Waals surface area contributed by atoms with Crippen molar-refractivity contribution in [3.05, 3.63) is 0 Å². The van der Waals surface area contributed by atoms with Gasteiger partial charge in [-0.2, -0.15) is 0 Å². The molecule has 2 aliphatic carbocycles. The smallest absolute Gasteiger partial charge is 0.275 e. The quantitative estimate of drug-likeness (QED) is 0.631. The summed E-state index contributed by atoms with van der Waals surface area (Å²) < 4.78 is 0. The summed E-state index contributed by atoms with van der Waals surface area (Å²) in [6.07, 6.45) is 6.64. The molecule has 1 aliphatic heterocycles. The molecule has 0 spiro atoms. The average molecular weight is 324 g/mol. The SMILES string of the molecule is CC[NH+]1CCC[C@H]1C[NH2+]CC(=O)N[C@]1(C)[C@H]2CC[C@H](C2)C1(C)C. The predicted molar refractivity (Wildman–Crippen MR) is 92.2 cm³/mol. The summed E-state index contributed by atoms with van der Waals surface area (Å²) >= 11 is 0. The second-order valence-electron chi connectivity index (χ2n) is 9.01. The maximum atomic E-state index is 12.5. The minimum absolute atomic E-state index is 0.00506. The van der Waals surface area contributed by atoms with Crippen LogP contribution in [0.5, 0.6) is 0 Å². The van der Waals surface area contributed by atoms with E-state index < -0.39 is 0 Å². The van der Waals surface area contributed by atoms with Gasteiger partial charge in [-0.15, -0.1) is 0 Å². The van der Waals surface area contributed by atoms with Gasteiger partial charge in [-0.3, -0.25) is 4.79 Å². The van der Waals surface area contributed by atoms with Crippen LogP contribution in [0, 0.1) is 17.3 Å². The molecule has 132 valence electrons. The first-order chi connectivity index (χ1) is 10.9. The zero-order chi connectivity index (χ0) is 16.7. The van der Waals surface area contributed by atoms with E-state index in [0.29, 0.717) is 12.5 Å². The first kappa shape index (κ1) is 17.2. The molecular weight excluding hydrogens is 286 g/mol. The lowest BCUT2D eigenvalue weighted by Crippen LogP contribution is -3.16. The number of carbonyl (C=O) groups excluding carboxylic acids is 1. The van der Waals surface area contributed by atoms with Crippen molar-refractivity contribution in [1.82, 2.24) is 5.32 Å². The lowest BCUT2D eigenvalue weighted by molar-refractivity contribution is -0.923. The van der Waals surface area contributed by atoms with E-state index in [-0.39, 0.29) is 16.9 Å². The fourth-order valence-corrected chi connectivity index (χ4v) is 5.86. The van der Waals surface area contributed by atoms with E-state index in [2.05, 4.69) is 38.3 Å². The molecule has 4 heteroatoms. The molecule has 0 aromatic heterocycles. The molecule has 1 saturated heterocycles. The number of hydrogen-bond acceptors (Lipinski definition) is 1. The highest BCUT2D eigenvalue weighted by Crippen LogP contribution is 2.61. The van der Waals surface area contributed by atoms with E-state index >= 15 is 0 Å². The maximum absolute atomic E-state index is 12.5. The monoisotopic (exact) mass is 323 g/mol. The molecule has 0 aromatic rings. The second-order valence-corrected chi connectivity index (χ2v) is 9.01. The molecule has 1 heterocycles. The van der Waals surface area contributed by atoms with Crippen molar-refractivity contribution in [2.75, 3.05) is 26.2 Å². The van der Waals surface area contributed by atoms with Crippen LogP contribution in [0.2, 0.25) is 0 Å². The molecule has 3 rings (SSSR count). The summed E-state index contributed by atoms with van der Waals surface area (Å²) in [5, 5.41) is 5.69. The number of nitrogens with one attached hydrogen (secondary N) is 2. The number of nitrogens with two attached hydrogens (primary N) is 1. The molecule has 2 bridgehead atoms. The third-order valence-corrected chi connectivity index (χ3v) is 7.87. The Morgan fingerprint density at radius 1 is 1.22 bits per heavy atom. The molecule has 0 radical (unpaired) electrons. The maximum Gasteiger partial charge on any atom is 0.275 e. The molecule has 5 atom stereocenters. The molecule has 4 N–H and O–H groups in total. The number of quaternary nitrogens is 2. The fourth-order valence-electron chi connectivity index (χ4n) is 5.86. The van der Waals surface area contributed by atoms with Gasteiger partial charge in [0.2, 0.25) is 0 Å². The van der Waals surface area contributed by atoms with Gasteiger partial charge < -0.3 is 15.5 Å². The van der Waals surface area contributed by atoms with Crippen molar-refractivity contribution in [1.29, 1.82) is 0 Å². The molecular formula is C19H37N3O+2. The highest BCUT2D eigenvalue weighted by atomic mass is 16.2. The standard InChI is InChI=1S/C19H35N3O/c1-5-22-10-6-7-16(22)12-20-13-17(23)21-19(4)15-9-8-14(11-15)18(19,2)3/h14-16,20H,5-13H2,1-4H3,(H,21,23)/p+2/t14-,15+,16+,19-/m1/s1. The van der Waals surface area contributed by atoms with Gasteiger partial charge >= 0.3 is 0 Å². The summed E-state index contributed by atoms with van der Waals surface area (Å²) in [5.74, 6) is 1.72. The largest absolute Gasteiger partial charge is 0.345 e. The lowest BCUT2D eigenvalue weighted by Gasteiger charge is -2.48. The highest BCUT2D eigenvalue weighted by molar-refractivity contribution is 5.77. The van der Waals surface area contributed by atoms with Crippen molar-refractivity contribution in [2.45, 2.75) is 71.4 Å². The lowest BCUT2D eigenvalue weighted by atomic mass is 9.64. The molecule has 1 amide bonds. The van der Waals surface area contributed by atoms with E-state index in [0.717, 1.165) is 18.5 Å². The van der Waals surface area contributed by atoms with Gasteiger partial charge in [0.25, 0.3) is 5.91 Å². The summed E-state index contributed by atoms with van der Waals surface area (Å²) in [5.41, 5.74) is 0.231. The topological polar surface area (TPSA) is 50.2 Å². The summed E-state index contributed by atoms with van der Waals surface area (Å²) in [4.78, 5) is 14.3. The summed E-state index contributed by atoms with van der Waals surface area (Å²) in [6.45, 7) is 13.5. The van der Waals surface area contributed by atoms with Crippen LogP contribution >= 0.6 is 0 Å². The normalized spacial score (nSPS) is 41.4. The van der Waals surface area contributed by atoms with E-state index in [1.807, 2.05) is 0 Å². The third kappa shape index (κ3) is 2.93. The van der Waals surface area contributed by atoms with E-state index in [1.165, 1.54) is 45.2 Å². The molecule has 1 unspecified atom stereocenters. The highest BCUT2D eigenvalue weighted by Gasteiger charge is 2.60. The zero-order valence-corrected chi connectivity index (χ0v) is 15.6. The van der Waals surface area contributed by atoms with Crippen LogP contribution in [0.3, 0.4) is 0 Å². The van der Waals surface area contributed by atoms with Gasteiger partial charge in [-0.25, -0.2) is 0 Å². The van der Waals surface area contributed by atoms with Crippen molar-refractivity contribution in [3.63, 3.8) is 0 Å². The Bertz CT molecular complexity index is 450. The van der Waals surface area contributed by atoms with Crippen molar-refractivity contribution in [2.24, 2.45) is 17.3 Å². The number of rotatable bonds is 6. The van der Waals surface area contributed by atoms with Crippen molar-refractivity contribution in [3.8, 4) is 0 Å². The van der Waals surface area contributed by atoms with Gasteiger partial charge in [0.15, 0.2) is 6.54 Å². The van der Waals surface area contributed by atoms with Crippen LogP contribution < -0.4 is 15.5 Å². The summed E-state index contributed by atoms with van der Waals surface area (Å²) in [6, 6.07) is 0.752. The first-order valence-electron chi connectivity index (χ1n) is 9.85. The number of fused-ring (bicyclic) bond motifs is 2. The average Bonchev–Trinajstić information content (AvgIpc) is 3.18. The molecule has 4 nitrogen and oxygen atoms in total. The predicted octanol–water partition coefficient (Wildman–Crippen LogP) is -0.0520. The van der Waals surface area contributed by atoms with E-state index in [1.54, 1.807) is 4.90 Å². The first-order valence-corrected chi connectivity index (χ1v) is 9.85. The molecule has 3 aliphatic rings. The Morgan fingerprint density at radius 2 is 1.96 bits per heavy atom. The Hall–Kier alpha value is -0.610. The van der Waals surface area contributed by atoms with Gasteiger partial charge in [-0.05, 0) is 50.4 Å². The molecule has 0 aromatic carbocycles. The Morgan fingerprint density at radius 3 is 2.61 bits per heavy atom. The Balaban J connectivity index is 1.48. The van der Waals surface area contributed by atoms with Crippen LogP contribution in [0.15, 0.2) is 0 Å².